The molecule has 0 bridgehead atoms. The molecule has 1 aromatic heterocycles. The zero-order valence-electron chi connectivity index (χ0n) is 28.9. The van der Waals surface area contributed by atoms with E-state index in [2.05, 4.69) is 38.8 Å². The van der Waals surface area contributed by atoms with Crippen LogP contribution in [0.2, 0.25) is 18.1 Å². The third-order valence-corrected chi connectivity index (χ3v) is 14.1. The smallest absolute Gasteiger partial charge is 0.330 e. The van der Waals surface area contributed by atoms with Gasteiger partial charge in [-0.05, 0) is 66.0 Å². The molecule has 0 amide bonds. The summed E-state index contributed by atoms with van der Waals surface area (Å²) in [6, 6.07) is 25.2. The molecule has 48 heavy (non-hydrogen) atoms. The molecule has 1 aliphatic heterocycles. The molecule has 0 saturated carbocycles. The first-order chi connectivity index (χ1) is 22.7. The Labute approximate surface area is 282 Å². The molecule has 5 rings (SSSR count). The fourth-order valence-electron chi connectivity index (χ4n) is 5.78. The molecule has 10 nitrogen and oxygen atoms in total. The number of aromatic nitrogens is 2. The minimum absolute atomic E-state index is 0.0704. The summed E-state index contributed by atoms with van der Waals surface area (Å²) in [7, 11) is 0.749. The van der Waals surface area contributed by atoms with Gasteiger partial charge in [0.25, 0.3) is 5.56 Å². The Morgan fingerprint density at radius 2 is 1.38 bits per heavy atom. The topological polar surface area (TPSA) is 121 Å². The van der Waals surface area contributed by atoms with Crippen molar-refractivity contribution in [2.75, 3.05) is 20.8 Å². The maximum Gasteiger partial charge on any atom is 0.330 e. The Morgan fingerprint density at radius 1 is 0.854 bits per heavy atom. The van der Waals surface area contributed by atoms with Gasteiger partial charge in [-0.3, -0.25) is 14.3 Å². The Kier molecular flexibility index (Phi) is 10.2. The van der Waals surface area contributed by atoms with E-state index in [1.165, 1.54) is 10.8 Å². The molecule has 1 saturated heterocycles. The van der Waals surface area contributed by atoms with Crippen LogP contribution in [0.15, 0.2) is 94.6 Å². The summed E-state index contributed by atoms with van der Waals surface area (Å²) >= 11 is 0. The van der Waals surface area contributed by atoms with E-state index in [1.54, 1.807) is 21.1 Å². The number of aliphatic hydroxyl groups is 1. The normalized spacial score (nSPS) is 20.1. The number of benzene rings is 3. The van der Waals surface area contributed by atoms with Crippen molar-refractivity contribution in [3.8, 4) is 11.5 Å². The first kappa shape index (κ1) is 35.3. The van der Waals surface area contributed by atoms with Gasteiger partial charge in [-0.25, -0.2) is 4.79 Å². The zero-order chi connectivity index (χ0) is 34.9. The highest BCUT2D eigenvalue weighted by Crippen LogP contribution is 2.45. The summed E-state index contributed by atoms with van der Waals surface area (Å²) in [6.07, 6.45) is -2.53. The van der Waals surface area contributed by atoms with Gasteiger partial charge in [0.15, 0.2) is 14.5 Å². The van der Waals surface area contributed by atoms with E-state index < -0.39 is 49.7 Å². The fraction of sp³-hybridized carbons (Fsp3) is 0.405. The van der Waals surface area contributed by atoms with Gasteiger partial charge in [0.2, 0.25) is 0 Å². The molecule has 2 N–H and O–H groups in total. The number of nitrogens with zero attached hydrogens (tertiary/aromatic N) is 1. The molecule has 1 fully saturated rings. The molecular weight excluding hydrogens is 628 g/mol. The fourth-order valence-corrected chi connectivity index (χ4v) is 7.07. The number of aliphatic hydroxyl groups excluding tert-OH is 1. The quantitative estimate of drug-likeness (QED) is 0.158. The number of H-pyrrole nitrogens is 1. The summed E-state index contributed by atoms with van der Waals surface area (Å²) in [5.41, 5.74) is 0.552. The largest absolute Gasteiger partial charge is 0.497 e. The van der Waals surface area contributed by atoms with Crippen molar-refractivity contribution < 1.29 is 28.5 Å². The molecule has 11 heteroatoms. The number of aryl methyl sites for hydroxylation is 1. The first-order valence-electron chi connectivity index (χ1n) is 16.0. The van der Waals surface area contributed by atoms with Crippen LogP contribution in [0.3, 0.4) is 0 Å². The van der Waals surface area contributed by atoms with Crippen LogP contribution in [0.4, 0.5) is 0 Å². The van der Waals surface area contributed by atoms with Crippen molar-refractivity contribution in [2.45, 2.75) is 76.0 Å². The van der Waals surface area contributed by atoms with Crippen molar-refractivity contribution in [3.05, 3.63) is 128 Å². The minimum atomic E-state index is -2.49. The number of hydrogen-bond donors (Lipinski definition) is 2. The van der Waals surface area contributed by atoms with Gasteiger partial charge < -0.3 is 28.5 Å². The molecule has 0 aliphatic carbocycles. The van der Waals surface area contributed by atoms with Gasteiger partial charge in [-0.2, -0.15) is 0 Å². The van der Waals surface area contributed by atoms with Gasteiger partial charge in [-0.1, -0.05) is 75.4 Å². The molecule has 4 aromatic rings. The van der Waals surface area contributed by atoms with Crippen LogP contribution < -0.4 is 20.7 Å². The number of hydrogen-bond acceptors (Lipinski definition) is 8. The van der Waals surface area contributed by atoms with Crippen LogP contribution in [0, 0.1) is 6.92 Å². The van der Waals surface area contributed by atoms with E-state index in [4.69, 9.17) is 23.4 Å². The molecule has 1 aliphatic rings. The van der Waals surface area contributed by atoms with Crippen LogP contribution in [-0.2, 0) is 19.5 Å². The SMILES string of the molecule is COc1ccc(C(OC[C@H]2O[C@@H](n3cc(C)c(=O)[nH]c3=O)C(O[Si](C)(C)C(C)(C)C)[C@H]2O)(c2ccccc2)c2ccc(OC)cc2)cc1. The van der Waals surface area contributed by atoms with Crippen molar-refractivity contribution in [1.82, 2.24) is 9.55 Å². The lowest BCUT2D eigenvalue weighted by Gasteiger charge is -2.40. The molecule has 0 radical (unpaired) electrons. The summed E-state index contributed by atoms with van der Waals surface area (Å²) in [5, 5.41) is 11.7. The molecule has 1 unspecified atom stereocenters. The van der Waals surface area contributed by atoms with Gasteiger partial charge >= 0.3 is 5.69 Å². The summed E-state index contributed by atoms with van der Waals surface area (Å²) in [5.74, 6) is 1.39. The molecular formula is C37H46N2O8Si. The van der Waals surface area contributed by atoms with E-state index >= 15 is 0 Å². The highest BCUT2D eigenvalue weighted by atomic mass is 28.4. The highest BCUT2D eigenvalue weighted by Gasteiger charge is 2.51. The third kappa shape index (κ3) is 6.78. The predicted molar refractivity (Wildman–Crippen MR) is 186 cm³/mol. The number of ether oxygens (including phenoxy) is 4. The lowest BCUT2D eigenvalue weighted by atomic mass is 9.80. The maximum atomic E-state index is 13.1. The van der Waals surface area contributed by atoms with Crippen molar-refractivity contribution in [3.63, 3.8) is 0 Å². The summed E-state index contributed by atoms with van der Waals surface area (Å²) < 4.78 is 32.5. The Balaban J connectivity index is 1.60. The monoisotopic (exact) mass is 674 g/mol. The van der Waals surface area contributed by atoms with E-state index in [0.29, 0.717) is 17.1 Å². The first-order valence-corrected chi connectivity index (χ1v) is 18.9. The van der Waals surface area contributed by atoms with Crippen molar-refractivity contribution in [1.29, 1.82) is 0 Å². The van der Waals surface area contributed by atoms with Crippen LogP contribution in [0.1, 0.15) is 49.3 Å². The number of nitrogens with one attached hydrogen (secondary N) is 1. The van der Waals surface area contributed by atoms with E-state index in [-0.39, 0.29) is 11.6 Å². The summed E-state index contributed by atoms with van der Waals surface area (Å²) in [4.78, 5) is 27.7. The summed E-state index contributed by atoms with van der Waals surface area (Å²) in [6.45, 7) is 12.0. The van der Waals surface area contributed by atoms with Gasteiger partial charge in [0.1, 0.15) is 35.4 Å². The second-order valence-corrected chi connectivity index (χ2v) is 18.4. The second kappa shape index (κ2) is 13.8. The standard InChI is InChI=1S/C37H46N2O8Si/c1-24-22-39(35(42)38-33(24)41)34-32(47-48(7,8)36(2,3)4)31(40)30(46-34)23-45-37(25-12-10-9-11-13-25,26-14-18-28(43-5)19-15-26)27-16-20-29(44-6)21-17-27/h9-22,30-32,34,40H,23H2,1-8H3,(H,38,41,42)/t30-,31+,32?,34-/m1/s1. The van der Waals surface area contributed by atoms with Crippen LogP contribution in [0.25, 0.3) is 0 Å². The Bertz CT molecular complexity index is 1750. The van der Waals surface area contributed by atoms with Crippen molar-refractivity contribution >= 4 is 8.32 Å². The Hall–Kier alpha value is -4.00. The average molecular weight is 675 g/mol. The molecule has 256 valence electrons. The van der Waals surface area contributed by atoms with Crippen LogP contribution in [-0.4, -0.2) is 62.1 Å². The predicted octanol–water partition coefficient (Wildman–Crippen LogP) is 5.52. The second-order valence-electron chi connectivity index (χ2n) is 13.7. The third-order valence-electron chi connectivity index (χ3n) is 9.61. The number of rotatable bonds is 11. The molecule has 3 aromatic carbocycles. The van der Waals surface area contributed by atoms with Gasteiger partial charge in [0.05, 0.1) is 20.8 Å². The van der Waals surface area contributed by atoms with E-state index in [1.807, 2.05) is 78.9 Å². The molecule has 0 spiro atoms. The van der Waals surface area contributed by atoms with E-state index in [0.717, 1.165) is 16.7 Å². The number of methoxy groups -OCH3 is 2. The minimum Gasteiger partial charge on any atom is -0.497 e. The lowest BCUT2D eigenvalue weighted by molar-refractivity contribution is -0.0957. The average Bonchev–Trinajstić information content (AvgIpc) is 3.37. The van der Waals surface area contributed by atoms with Gasteiger partial charge in [-0.15, -0.1) is 0 Å². The van der Waals surface area contributed by atoms with Crippen LogP contribution in [0.5, 0.6) is 11.5 Å². The molecule has 2 heterocycles. The van der Waals surface area contributed by atoms with Gasteiger partial charge in [0, 0.05) is 11.8 Å². The van der Waals surface area contributed by atoms with Crippen LogP contribution >= 0.6 is 0 Å². The highest BCUT2D eigenvalue weighted by molar-refractivity contribution is 6.74. The molecule has 4 atom stereocenters. The zero-order valence-corrected chi connectivity index (χ0v) is 29.9. The van der Waals surface area contributed by atoms with E-state index in [9.17, 15) is 14.7 Å². The number of aromatic amines is 1. The maximum absolute atomic E-state index is 13.1. The van der Waals surface area contributed by atoms with Crippen molar-refractivity contribution in [2.24, 2.45) is 0 Å². The lowest BCUT2D eigenvalue weighted by Crippen LogP contribution is -2.50. The Morgan fingerprint density at radius 3 is 1.88 bits per heavy atom.